The number of hydrogen-bond donors (Lipinski definition) is 1. The lowest BCUT2D eigenvalue weighted by Crippen LogP contribution is -2.19. The summed E-state index contributed by atoms with van der Waals surface area (Å²) in [5.74, 6) is 1.32. The molecule has 28 heavy (non-hydrogen) atoms. The zero-order valence-electron chi connectivity index (χ0n) is 14.6. The molecule has 2 aliphatic heterocycles. The van der Waals surface area contributed by atoms with Gasteiger partial charge in [-0.15, -0.1) is 23.5 Å². The molecule has 0 spiro atoms. The van der Waals surface area contributed by atoms with Crippen molar-refractivity contribution in [3.63, 3.8) is 0 Å². The van der Waals surface area contributed by atoms with Gasteiger partial charge < -0.3 is 8.92 Å². The highest BCUT2D eigenvalue weighted by Crippen LogP contribution is 2.47. The van der Waals surface area contributed by atoms with E-state index in [0.29, 0.717) is 5.75 Å². The minimum atomic E-state index is -4.22. The van der Waals surface area contributed by atoms with Gasteiger partial charge in [-0.05, 0) is 35.9 Å². The number of benzene rings is 2. The number of hydrogen-bond acceptors (Lipinski definition) is 8. The van der Waals surface area contributed by atoms with Crippen LogP contribution in [0.1, 0.15) is 30.9 Å². The Hall–Kier alpha value is -2.17. The third kappa shape index (κ3) is 3.47. The van der Waals surface area contributed by atoms with E-state index in [1.54, 1.807) is 12.1 Å². The third-order valence-corrected chi connectivity index (χ3v) is 8.61. The van der Waals surface area contributed by atoms with Gasteiger partial charge in [0.25, 0.3) is 11.8 Å². The van der Waals surface area contributed by atoms with E-state index in [0.717, 1.165) is 23.1 Å². The summed E-state index contributed by atoms with van der Waals surface area (Å²) in [6.07, 6.45) is 0. The van der Waals surface area contributed by atoms with Crippen LogP contribution in [0.5, 0.6) is 11.5 Å². The molecule has 7 nitrogen and oxygen atoms in total. The number of ether oxygens (including phenoxy) is 1. The molecule has 1 N–H and O–H groups in total. The summed E-state index contributed by atoms with van der Waals surface area (Å²) in [7, 11) is -2.78. The highest BCUT2D eigenvalue weighted by Gasteiger charge is 2.30. The van der Waals surface area contributed by atoms with Crippen molar-refractivity contribution in [3.8, 4) is 11.5 Å². The van der Waals surface area contributed by atoms with Crippen LogP contribution in [0.2, 0.25) is 0 Å². The minimum Gasteiger partial charge on any atom is -0.493 e. The Balaban J connectivity index is 1.64. The van der Waals surface area contributed by atoms with Crippen molar-refractivity contribution in [1.29, 1.82) is 0 Å². The fraction of sp³-hybridized carbons (Fsp3) is 0.222. The molecule has 146 valence electrons. The van der Waals surface area contributed by atoms with Crippen molar-refractivity contribution in [2.45, 2.75) is 9.48 Å². The Bertz CT molecular complexity index is 1080. The number of methoxy groups -OCH3 is 1. The topological polar surface area (TPSA) is 98.8 Å². The summed E-state index contributed by atoms with van der Waals surface area (Å²) in [5.41, 5.74) is 1.17. The van der Waals surface area contributed by atoms with Gasteiger partial charge in [-0.3, -0.25) is 14.9 Å². The van der Waals surface area contributed by atoms with Crippen molar-refractivity contribution >= 4 is 45.5 Å². The number of carbonyl (C=O) groups is 2. The second-order valence-corrected chi connectivity index (χ2v) is 10.3. The van der Waals surface area contributed by atoms with E-state index in [1.165, 1.54) is 19.2 Å². The van der Waals surface area contributed by atoms with E-state index in [4.69, 9.17) is 8.92 Å². The second-order valence-electron chi connectivity index (χ2n) is 6.01. The molecule has 0 unspecified atom stereocenters. The number of imide groups is 1. The highest BCUT2D eigenvalue weighted by molar-refractivity contribution is 8.19. The number of thioether (sulfide) groups is 2. The van der Waals surface area contributed by atoms with E-state index >= 15 is 0 Å². The SMILES string of the molecule is COc1cc(C2SCCS2)ccc1OS(=O)(=O)c1ccc2c(c1)C(=O)NC2=O. The van der Waals surface area contributed by atoms with Crippen molar-refractivity contribution in [1.82, 2.24) is 5.32 Å². The maximum atomic E-state index is 12.7. The maximum Gasteiger partial charge on any atom is 0.339 e. The molecule has 0 aromatic heterocycles. The van der Waals surface area contributed by atoms with E-state index in [1.807, 2.05) is 29.6 Å². The number of rotatable bonds is 5. The predicted octanol–water partition coefficient (Wildman–Crippen LogP) is 2.83. The van der Waals surface area contributed by atoms with Gasteiger partial charge in [0.1, 0.15) is 4.90 Å². The smallest absolute Gasteiger partial charge is 0.339 e. The number of amides is 2. The van der Waals surface area contributed by atoms with Gasteiger partial charge in [-0.25, -0.2) is 0 Å². The molecule has 0 atom stereocenters. The van der Waals surface area contributed by atoms with Gasteiger partial charge >= 0.3 is 10.1 Å². The first-order valence-electron chi connectivity index (χ1n) is 8.24. The van der Waals surface area contributed by atoms with Gasteiger partial charge in [0.15, 0.2) is 11.5 Å². The molecule has 2 aliphatic rings. The fourth-order valence-electron chi connectivity index (χ4n) is 2.92. The van der Waals surface area contributed by atoms with E-state index in [2.05, 4.69) is 5.32 Å². The van der Waals surface area contributed by atoms with Gasteiger partial charge in [0, 0.05) is 11.5 Å². The van der Waals surface area contributed by atoms with Crippen molar-refractivity contribution in [2.75, 3.05) is 18.6 Å². The van der Waals surface area contributed by atoms with Crippen LogP contribution < -0.4 is 14.2 Å². The Kier molecular flexibility index (Phi) is 5.02. The van der Waals surface area contributed by atoms with E-state index in [9.17, 15) is 18.0 Å². The monoisotopic (exact) mass is 437 g/mol. The average Bonchev–Trinajstić information content (AvgIpc) is 3.30. The highest BCUT2D eigenvalue weighted by atomic mass is 32.2. The van der Waals surface area contributed by atoms with Crippen LogP contribution in [0.25, 0.3) is 0 Å². The quantitative estimate of drug-likeness (QED) is 0.563. The van der Waals surface area contributed by atoms with E-state index in [-0.39, 0.29) is 26.4 Å². The molecule has 2 aromatic carbocycles. The van der Waals surface area contributed by atoms with Crippen LogP contribution in [-0.4, -0.2) is 38.8 Å². The van der Waals surface area contributed by atoms with Crippen LogP contribution >= 0.6 is 23.5 Å². The van der Waals surface area contributed by atoms with Crippen LogP contribution in [-0.2, 0) is 10.1 Å². The van der Waals surface area contributed by atoms with Crippen LogP contribution in [0.15, 0.2) is 41.3 Å². The number of nitrogens with one attached hydrogen (secondary N) is 1. The first-order chi connectivity index (χ1) is 13.4. The first-order valence-corrected chi connectivity index (χ1v) is 11.7. The molecule has 1 saturated heterocycles. The number of carbonyl (C=O) groups excluding carboxylic acids is 2. The maximum absolute atomic E-state index is 12.7. The Morgan fingerprint density at radius 3 is 2.39 bits per heavy atom. The molecule has 2 aromatic rings. The lowest BCUT2D eigenvalue weighted by molar-refractivity contribution is 0.0879. The second kappa shape index (κ2) is 7.34. The average molecular weight is 438 g/mol. The molecule has 2 amide bonds. The van der Waals surface area contributed by atoms with Crippen LogP contribution in [0.4, 0.5) is 0 Å². The van der Waals surface area contributed by atoms with Gasteiger partial charge in [0.05, 0.1) is 22.8 Å². The summed E-state index contributed by atoms with van der Waals surface area (Å²) in [4.78, 5) is 23.2. The standard InChI is InChI=1S/C18H15NO6S3/c1-24-15-8-10(18-26-6-7-27-18)2-5-14(15)25-28(22,23)11-3-4-12-13(9-11)17(21)19-16(12)20/h2-5,8-9,18H,6-7H2,1H3,(H,19,20,21). The molecule has 0 saturated carbocycles. The summed E-state index contributed by atoms with van der Waals surface area (Å²) in [6.45, 7) is 0. The van der Waals surface area contributed by atoms with Crippen LogP contribution in [0.3, 0.4) is 0 Å². The first kappa shape index (κ1) is 19.2. The molecular weight excluding hydrogens is 422 g/mol. The lowest BCUT2D eigenvalue weighted by Gasteiger charge is -2.14. The normalized spacial score (nSPS) is 16.8. The molecular formula is C18H15NO6S3. The molecule has 0 radical (unpaired) electrons. The molecule has 0 bridgehead atoms. The molecule has 1 fully saturated rings. The van der Waals surface area contributed by atoms with Crippen LogP contribution in [0, 0.1) is 0 Å². The summed E-state index contributed by atoms with van der Waals surface area (Å²) in [6, 6.07) is 8.82. The van der Waals surface area contributed by atoms with Crippen molar-refractivity contribution in [3.05, 3.63) is 53.1 Å². The molecule has 4 rings (SSSR count). The lowest BCUT2D eigenvalue weighted by atomic mass is 10.1. The summed E-state index contributed by atoms with van der Waals surface area (Å²) >= 11 is 3.65. The minimum absolute atomic E-state index is 0.00673. The van der Waals surface area contributed by atoms with E-state index < -0.39 is 21.9 Å². The Morgan fingerprint density at radius 1 is 0.964 bits per heavy atom. The number of fused-ring (bicyclic) bond motifs is 1. The predicted molar refractivity (Wildman–Crippen MR) is 107 cm³/mol. The van der Waals surface area contributed by atoms with Crippen molar-refractivity contribution in [2.24, 2.45) is 0 Å². The summed E-state index contributed by atoms with van der Waals surface area (Å²) in [5, 5.41) is 2.12. The van der Waals surface area contributed by atoms with Gasteiger partial charge in [0.2, 0.25) is 0 Å². The van der Waals surface area contributed by atoms with Gasteiger partial charge in [-0.1, -0.05) is 6.07 Å². The van der Waals surface area contributed by atoms with Crippen molar-refractivity contribution < 1.29 is 26.9 Å². The zero-order valence-corrected chi connectivity index (χ0v) is 17.1. The van der Waals surface area contributed by atoms with Gasteiger partial charge in [-0.2, -0.15) is 8.42 Å². The third-order valence-electron chi connectivity index (χ3n) is 4.28. The fourth-order valence-corrected chi connectivity index (χ4v) is 6.72. The summed E-state index contributed by atoms with van der Waals surface area (Å²) < 4.78 is 36.3. The molecule has 2 heterocycles. The Morgan fingerprint density at radius 2 is 1.68 bits per heavy atom. The zero-order chi connectivity index (χ0) is 19.9. The Labute approximate surface area is 170 Å². The molecule has 10 heteroatoms. The largest absolute Gasteiger partial charge is 0.493 e. The molecule has 0 aliphatic carbocycles.